The molecule has 0 unspecified atom stereocenters. The van der Waals surface area contributed by atoms with Crippen molar-refractivity contribution in [1.82, 2.24) is 39.9 Å². The van der Waals surface area contributed by atoms with Crippen molar-refractivity contribution in [1.29, 1.82) is 0 Å². The van der Waals surface area contributed by atoms with Crippen LogP contribution in [0.25, 0.3) is 11.6 Å². The van der Waals surface area contributed by atoms with Gasteiger partial charge < -0.3 is 0 Å². The second-order valence-electron chi connectivity index (χ2n) is 27.8. The van der Waals surface area contributed by atoms with E-state index in [0.717, 1.165) is 35.7 Å². The number of hydrogen-bond donors (Lipinski definition) is 0. The van der Waals surface area contributed by atoms with Gasteiger partial charge in [0, 0.05) is 91.1 Å². The Balaban J connectivity index is 0.000000319. The molecule has 9 rings (SSSR count). The summed E-state index contributed by atoms with van der Waals surface area (Å²) in [6.07, 6.45) is 25.5. The molecule has 0 aromatic carbocycles. The van der Waals surface area contributed by atoms with Gasteiger partial charge in [-0.25, -0.2) is 9.97 Å². The Labute approximate surface area is 487 Å². The van der Waals surface area contributed by atoms with Crippen LogP contribution in [0.5, 0.6) is 0 Å². The Kier molecular flexibility index (Phi) is 25.9. The number of nitrogens with zero attached hydrogens (tertiary/aromatic N) is 8. The first-order valence-electron chi connectivity index (χ1n) is 28.2. The van der Waals surface area contributed by atoms with Gasteiger partial charge in [-0.2, -0.15) is 0 Å². The Morgan fingerprint density at radius 3 is 1.25 bits per heavy atom. The van der Waals surface area contributed by atoms with E-state index < -0.39 is 0 Å². The predicted octanol–water partition coefficient (Wildman–Crippen LogP) is 18.9. The van der Waals surface area contributed by atoms with E-state index in [4.69, 9.17) is 0 Å². The predicted molar refractivity (Wildman–Crippen MR) is 344 cm³/mol. The van der Waals surface area contributed by atoms with Crippen LogP contribution < -0.4 is 0 Å². The van der Waals surface area contributed by atoms with Crippen molar-refractivity contribution in [3.05, 3.63) is 214 Å². The number of allylic oxidation sites excluding steroid dienone is 3. The Morgan fingerprint density at radius 2 is 0.850 bits per heavy atom. The summed E-state index contributed by atoms with van der Waals surface area (Å²) in [5.41, 5.74) is 17.9. The average Bonchev–Trinajstić information content (AvgIpc) is 4.03. The van der Waals surface area contributed by atoms with Gasteiger partial charge in [-0.3, -0.25) is 29.9 Å². The molecule has 0 saturated heterocycles. The quantitative estimate of drug-likeness (QED) is 0.148. The van der Waals surface area contributed by atoms with Crippen molar-refractivity contribution in [2.75, 3.05) is 0 Å². The topological polar surface area (TPSA) is 103 Å². The van der Waals surface area contributed by atoms with Gasteiger partial charge in [-0.1, -0.05) is 195 Å². The van der Waals surface area contributed by atoms with Crippen molar-refractivity contribution in [2.45, 2.75) is 219 Å². The van der Waals surface area contributed by atoms with Crippen LogP contribution in [0.3, 0.4) is 0 Å². The highest BCUT2D eigenvalue weighted by Gasteiger charge is 2.25. The second kappa shape index (κ2) is 29.8. The molecule has 0 aliphatic heterocycles. The van der Waals surface area contributed by atoms with Crippen LogP contribution in [0.2, 0.25) is 0 Å². The molecular weight excluding hydrogens is 977 g/mol. The van der Waals surface area contributed by atoms with Gasteiger partial charge in [-0.15, -0.1) is 0 Å². The van der Waals surface area contributed by atoms with Crippen LogP contribution in [0.15, 0.2) is 141 Å². The van der Waals surface area contributed by atoms with Crippen molar-refractivity contribution in [3.8, 4) is 0 Å². The summed E-state index contributed by atoms with van der Waals surface area (Å²) in [6, 6.07) is 24.8. The maximum absolute atomic E-state index is 4.37. The molecule has 7 heterocycles. The molecule has 0 fully saturated rings. The maximum atomic E-state index is 4.37. The van der Waals surface area contributed by atoms with Crippen molar-refractivity contribution in [3.63, 3.8) is 0 Å². The Hall–Kier alpha value is -6.54. The molecule has 7 aromatic rings. The summed E-state index contributed by atoms with van der Waals surface area (Å²) in [5.74, 6) is 0.898. The van der Waals surface area contributed by atoms with E-state index in [-0.39, 0.29) is 45.3 Å². The van der Waals surface area contributed by atoms with Crippen LogP contribution >= 0.6 is 0 Å². The summed E-state index contributed by atoms with van der Waals surface area (Å²) in [6.45, 7) is 52.2. The minimum absolute atomic E-state index is 0. The van der Waals surface area contributed by atoms with E-state index in [0.29, 0.717) is 0 Å². The Morgan fingerprint density at radius 1 is 0.362 bits per heavy atom. The highest BCUT2D eigenvalue weighted by molar-refractivity contribution is 5.75. The van der Waals surface area contributed by atoms with Crippen LogP contribution in [-0.4, -0.2) is 39.9 Å². The summed E-state index contributed by atoms with van der Waals surface area (Å²) in [5, 5.41) is 0. The number of rotatable bonds is 0. The summed E-state index contributed by atoms with van der Waals surface area (Å²) >= 11 is 0. The Bertz CT molecular complexity index is 2850. The lowest BCUT2D eigenvalue weighted by Crippen LogP contribution is -2.14. The molecule has 2 aliphatic carbocycles. The highest BCUT2D eigenvalue weighted by atomic mass is 14.9. The highest BCUT2D eigenvalue weighted by Crippen LogP contribution is 2.39. The zero-order chi connectivity index (χ0) is 59.6. The lowest BCUT2D eigenvalue weighted by atomic mass is 9.84. The van der Waals surface area contributed by atoms with Gasteiger partial charge in [0.15, 0.2) is 0 Å². The molecule has 0 bridgehead atoms. The smallest absolute Gasteiger partial charge is 0.133 e. The number of aromatic nitrogens is 8. The van der Waals surface area contributed by atoms with Gasteiger partial charge in [0.2, 0.25) is 0 Å². The largest absolute Gasteiger partial charge is 0.264 e. The average molecular weight is 1080 g/mol. The third-order valence-electron chi connectivity index (χ3n) is 13.0. The van der Waals surface area contributed by atoms with Crippen LogP contribution in [0.4, 0.5) is 0 Å². The summed E-state index contributed by atoms with van der Waals surface area (Å²) in [4.78, 5) is 33.7. The van der Waals surface area contributed by atoms with E-state index >= 15 is 0 Å². The molecule has 7 aromatic heterocycles. The van der Waals surface area contributed by atoms with Gasteiger partial charge in [-0.05, 0) is 146 Å². The fraction of sp³-hybridized carbons (Fsp3) is 0.472. The van der Waals surface area contributed by atoms with Gasteiger partial charge in [0.25, 0.3) is 0 Å². The maximum Gasteiger partial charge on any atom is 0.133 e. The first kappa shape index (κ1) is 69.6. The van der Waals surface area contributed by atoms with Gasteiger partial charge in [0.1, 0.15) is 5.82 Å². The van der Waals surface area contributed by atoms with Gasteiger partial charge in [0.05, 0.1) is 11.4 Å². The van der Waals surface area contributed by atoms with E-state index in [2.05, 4.69) is 258 Å². The number of fused-ring (bicyclic) bond motifs is 2. The third-order valence-corrected chi connectivity index (χ3v) is 13.0. The first-order valence-corrected chi connectivity index (χ1v) is 28.2. The molecule has 80 heavy (non-hydrogen) atoms. The minimum atomic E-state index is 0. The monoisotopic (exact) mass is 1080 g/mol. The molecule has 0 N–H and O–H groups in total. The zero-order valence-corrected chi connectivity index (χ0v) is 53.3. The van der Waals surface area contributed by atoms with Gasteiger partial charge >= 0.3 is 0 Å². The molecule has 8 heteroatoms. The molecule has 8 nitrogen and oxygen atoms in total. The number of hydrogen-bond acceptors (Lipinski definition) is 8. The van der Waals surface area contributed by atoms with Crippen LogP contribution in [0, 0.1) is 26.2 Å². The van der Waals surface area contributed by atoms with E-state index in [9.17, 15) is 0 Å². The molecule has 432 valence electrons. The number of pyridine rings is 6. The molecule has 0 amide bonds. The summed E-state index contributed by atoms with van der Waals surface area (Å²) < 4.78 is 0. The fourth-order valence-electron chi connectivity index (χ4n) is 8.00. The minimum Gasteiger partial charge on any atom is -0.264 e. The third kappa shape index (κ3) is 24.0. The zero-order valence-electron chi connectivity index (χ0n) is 53.3. The van der Waals surface area contributed by atoms with E-state index in [1.165, 1.54) is 55.9 Å². The van der Waals surface area contributed by atoms with Crippen molar-refractivity contribution < 1.29 is 0 Å². The SMILES string of the molecule is C.CC(C)(C)C1=CCc2ncccc21.CC(C)(C)c1cccnc1.CC(C)(C)c1ccnc2c1C=CC2.CC(C)(C)c1ncccn1.Cc1cc(C(C)(C)C)ccn1.Cc1ccc(C(C)(C)C)cn1.Cc1ccc(C(C)(C)C)cn1. The van der Waals surface area contributed by atoms with Crippen LogP contribution in [-0.2, 0) is 45.3 Å². The number of aryl methyl sites for hydroxylation is 3. The van der Waals surface area contributed by atoms with Crippen LogP contribution in [0.1, 0.15) is 226 Å². The first-order chi connectivity index (χ1) is 36.4. The molecule has 0 saturated carbocycles. The molecular formula is C72H104N8. The summed E-state index contributed by atoms with van der Waals surface area (Å²) in [7, 11) is 0. The van der Waals surface area contributed by atoms with Crippen molar-refractivity contribution >= 4 is 11.6 Å². The van der Waals surface area contributed by atoms with E-state index in [1.54, 1.807) is 18.6 Å². The fourth-order valence-corrected chi connectivity index (χ4v) is 8.00. The lowest BCUT2D eigenvalue weighted by molar-refractivity contribution is 0.545. The molecule has 2 aliphatic rings. The molecule has 0 radical (unpaired) electrons. The normalized spacial score (nSPS) is 12.6. The molecule has 0 spiro atoms. The second-order valence-corrected chi connectivity index (χ2v) is 27.8. The standard InChI is InChI=1S/2C12H15N.3C10H15N.C9H13N.C8H12N2.CH4/c1-12(2,3)10-6-7-11-9(10)5-4-8-13-11;1-12(2,3)10-7-8-13-11-6-4-5-9(10)11;1-8-7-9(5-6-11-8)10(2,3)4;2*1-8-5-6-9(7-11-8)10(2,3)4;1-9(2,3)8-5-4-6-10-7-8;1-8(2,3)7-9-5-4-6-10-7;/h4-6,8H,7H2,1-3H3;4-5,7-8H,6H2,1-3H3;3*5-7H,1-4H3;4-7H,1-3H3;4-6H,1-3H3;1H4. The molecule has 0 atom stereocenters. The lowest BCUT2D eigenvalue weighted by Gasteiger charge is -2.21. The van der Waals surface area contributed by atoms with Crippen molar-refractivity contribution in [2.24, 2.45) is 5.41 Å². The van der Waals surface area contributed by atoms with E-state index in [1.807, 2.05) is 76.2 Å².